The molecule has 0 rings (SSSR count). The van der Waals surface area contributed by atoms with Crippen molar-refractivity contribution < 1.29 is 49.4 Å². The lowest BCUT2D eigenvalue weighted by molar-refractivity contribution is -0.150. The SMILES string of the molecule is CCCCCCCCCCCCOCCCNC(=O)CCC(NC(=O)[C@H](O)[C@@H](O)[C@@H](O)[C@H](O)CO)C(=O)NCCCOCCCCCCCCCCCC. The summed E-state index contributed by atoms with van der Waals surface area (Å²) in [6.07, 6.45) is 18.0. The van der Waals surface area contributed by atoms with Crippen molar-refractivity contribution in [3.63, 3.8) is 0 Å². The van der Waals surface area contributed by atoms with Crippen LogP contribution >= 0.6 is 0 Å². The number of hydrogen-bond donors (Lipinski definition) is 8. The molecule has 320 valence electrons. The standard InChI is InChI=1S/C41H81N3O10/c1-3-5-7-9-11-13-15-17-19-21-29-53-31-23-27-42-36(47)26-25-34(44-41(52)39(50)38(49)37(48)35(46)33-45)40(51)43-28-24-32-54-30-22-20-18-16-14-12-10-8-6-4-2/h34-35,37-39,45-46,48-50H,3-33H2,1-2H3,(H,42,47)(H,43,51)(H,44,52)/t34?,35-,37+,38+,39-/m1/s1. The van der Waals surface area contributed by atoms with Gasteiger partial charge in [0.25, 0.3) is 5.91 Å². The Hall–Kier alpha value is -1.87. The molecule has 0 aromatic heterocycles. The number of unbranched alkanes of at least 4 members (excludes halogenated alkanes) is 18. The summed E-state index contributed by atoms with van der Waals surface area (Å²) in [7, 11) is 0. The molecule has 0 aliphatic carbocycles. The third-order valence-electron chi connectivity index (χ3n) is 9.65. The van der Waals surface area contributed by atoms with E-state index in [1.165, 1.54) is 103 Å². The summed E-state index contributed by atoms with van der Waals surface area (Å²) in [5.74, 6) is -2.07. The Bertz CT molecular complexity index is 884. The zero-order chi connectivity index (χ0) is 40.1. The molecule has 0 fully saturated rings. The van der Waals surface area contributed by atoms with Gasteiger partial charge >= 0.3 is 0 Å². The third kappa shape index (κ3) is 30.4. The van der Waals surface area contributed by atoms with Crippen LogP contribution in [0.3, 0.4) is 0 Å². The van der Waals surface area contributed by atoms with Gasteiger partial charge in [-0.25, -0.2) is 0 Å². The number of hydrogen-bond acceptors (Lipinski definition) is 10. The van der Waals surface area contributed by atoms with Crippen LogP contribution in [0.1, 0.15) is 168 Å². The van der Waals surface area contributed by atoms with Crippen LogP contribution in [0.4, 0.5) is 0 Å². The van der Waals surface area contributed by atoms with Gasteiger partial charge in [0, 0.05) is 45.9 Å². The van der Waals surface area contributed by atoms with Crippen molar-refractivity contribution in [1.29, 1.82) is 0 Å². The van der Waals surface area contributed by atoms with E-state index in [0.717, 1.165) is 25.7 Å². The van der Waals surface area contributed by atoms with Crippen molar-refractivity contribution in [2.75, 3.05) is 46.1 Å². The molecule has 1 unspecified atom stereocenters. The van der Waals surface area contributed by atoms with Gasteiger partial charge in [0.15, 0.2) is 6.10 Å². The highest BCUT2D eigenvalue weighted by Crippen LogP contribution is 2.12. The third-order valence-corrected chi connectivity index (χ3v) is 9.65. The highest BCUT2D eigenvalue weighted by atomic mass is 16.5. The molecule has 0 aliphatic rings. The first-order chi connectivity index (χ1) is 26.2. The van der Waals surface area contributed by atoms with E-state index in [2.05, 4.69) is 29.8 Å². The minimum absolute atomic E-state index is 0.0848. The Morgan fingerprint density at radius 3 is 1.37 bits per heavy atom. The summed E-state index contributed by atoms with van der Waals surface area (Å²) in [6, 6.07) is -1.22. The molecule has 3 amide bonds. The van der Waals surface area contributed by atoms with Gasteiger partial charge in [0.05, 0.1) is 6.61 Å². The number of carbonyl (C=O) groups excluding carboxylic acids is 3. The number of amides is 3. The number of aliphatic hydroxyl groups excluding tert-OH is 5. The Labute approximate surface area is 327 Å². The molecule has 0 saturated heterocycles. The Kier molecular flexibility index (Phi) is 36.7. The van der Waals surface area contributed by atoms with Gasteiger partial charge in [0.1, 0.15) is 24.4 Å². The van der Waals surface area contributed by atoms with Crippen molar-refractivity contribution in [3.05, 3.63) is 0 Å². The maximum absolute atomic E-state index is 13.0. The largest absolute Gasteiger partial charge is 0.394 e. The topological polar surface area (TPSA) is 207 Å². The number of nitrogens with one attached hydrogen (secondary N) is 3. The zero-order valence-corrected chi connectivity index (χ0v) is 34.1. The fourth-order valence-corrected chi connectivity index (χ4v) is 6.07. The van der Waals surface area contributed by atoms with Crippen molar-refractivity contribution in [2.24, 2.45) is 0 Å². The molecule has 0 aliphatic heterocycles. The number of rotatable bonds is 40. The summed E-state index contributed by atoms with van der Waals surface area (Å²) >= 11 is 0. The molecular formula is C41H81N3O10. The van der Waals surface area contributed by atoms with Crippen molar-refractivity contribution >= 4 is 17.7 Å². The molecular weight excluding hydrogens is 694 g/mol. The fourth-order valence-electron chi connectivity index (χ4n) is 6.07. The molecule has 13 nitrogen and oxygen atoms in total. The predicted molar refractivity (Wildman–Crippen MR) is 213 cm³/mol. The second-order valence-corrected chi connectivity index (χ2v) is 14.7. The fraction of sp³-hybridized carbons (Fsp3) is 0.927. The molecule has 54 heavy (non-hydrogen) atoms. The van der Waals surface area contributed by atoms with E-state index in [-0.39, 0.29) is 25.3 Å². The summed E-state index contributed by atoms with van der Waals surface area (Å²) in [5.41, 5.74) is 0. The first kappa shape index (κ1) is 52.1. The Morgan fingerprint density at radius 1 is 0.519 bits per heavy atom. The van der Waals surface area contributed by atoms with E-state index in [1.54, 1.807) is 0 Å². The summed E-state index contributed by atoms with van der Waals surface area (Å²) < 4.78 is 11.4. The van der Waals surface area contributed by atoms with Crippen LogP contribution < -0.4 is 16.0 Å². The van der Waals surface area contributed by atoms with Crippen molar-refractivity contribution in [1.82, 2.24) is 16.0 Å². The second kappa shape index (κ2) is 38.0. The van der Waals surface area contributed by atoms with Gasteiger partial charge in [-0.15, -0.1) is 0 Å². The predicted octanol–water partition coefficient (Wildman–Crippen LogP) is 4.57. The molecule has 0 spiro atoms. The lowest BCUT2D eigenvalue weighted by Crippen LogP contribution is -2.55. The van der Waals surface area contributed by atoms with Gasteiger partial charge < -0.3 is 51.0 Å². The first-order valence-electron chi connectivity index (χ1n) is 21.5. The van der Waals surface area contributed by atoms with E-state index >= 15 is 0 Å². The van der Waals surface area contributed by atoms with Crippen molar-refractivity contribution in [2.45, 2.75) is 198 Å². The first-order valence-corrected chi connectivity index (χ1v) is 21.5. The lowest BCUT2D eigenvalue weighted by atomic mass is 10.0. The van der Waals surface area contributed by atoms with Gasteiger partial charge in [-0.3, -0.25) is 14.4 Å². The van der Waals surface area contributed by atoms with Crippen LogP contribution in [0.2, 0.25) is 0 Å². The summed E-state index contributed by atoms with van der Waals surface area (Å²) in [4.78, 5) is 38.3. The molecule has 0 radical (unpaired) electrons. The average molecular weight is 776 g/mol. The van der Waals surface area contributed by atoms with Gasteiger partial charge in [-0.2, -0.15) is 0 Å². The van der Waals surface area contributed by atoms with Crippen LogP contribution in [0.25, 0.3) is 0 Å². The maximum Gasteiger partial charge on any atom is 0.252 e. The molecule has 13 heteroatoms. The van der Waals surface area contributed by atoms with E-state index in [1.807, 2.05) is 0 Å². The molecule has 0 bridgehead atoms. The van der Waals surface area contributed by atoms with E-state index in [4.69, 9.17) is 14.6 Å². The number of ether oxygens (including phenoxy) is 2. The van der Waals surface area contributed by atoms with Crippen LogP contribution in [0.5, 0.6) is 0 Å². The minimum atomic E-state index is -2.20. The average Bonchev–Trinajstić information content (AvgIpc) is 3.17. The molecule has 0 aromatic carbocycles. The zero-order valence-electron chi connectivity index (χ0n) is 34.1. The van der Waals surface area contributed by atoms with Gasteiger partial charge in [0.2, 0.25) is 11.8 Å². The number of carbonyl (C=O) groups is 3. The van der Waals surface area contributed by atoms with Crippen LogP contribution in [0, 0.1) is 0 Å². The molecule has 0 saturated carbocycles. The van der Waals surface area contributed by atoms with Crippen LogP contribution in [-0.4, -0.2) is 120 Å². The minimum Gasteiger partial charge on any atom is -0.394 e. The van der Waals surface area contributed by atoms with Crippen LogP contribution in [0.15, 0.2) is 0 Å². The normalized spacial score (nSPS) is 14.3. The molecule has 0 heterocycles. The Balaban J connectivity index is 4.47. The molecule has 0 aromatic rings. The maximum atomic E-state index is 13.0. The van der Waals surface area contributed by atoms with Gasteiger partial charge in [-0.05, 0) is 32.1 Å². The summed E-state index contributed by atoms with van der Waals surface area (Å²) in [6.45, 7) is 6.56. The van der Waals surface area contributed by atoms with E-state index in [0.29, 0.717) is 45.8 Å². The lowest BCUT2D eigenvalue weighted by Gasteiger charge is -2.26. The van der Waals surface area contributed by atoms with Gasteiger partial charge in [-0.1, -0.05) is 129 Å². The highest BCUT2D eigenvalue weighted by molar-refractivity contribution is 5.90. The van der Waals surface area contributed by atoms with E-state index < -0.39 is 48.9 Å². The molecule has 5 atom stereocenters. The second-order valence-electron chi connectivity index (χ2n) is 14.7. The Morgan fingerprint density at radius 2 is 0.926 bits per heavy atom. The smallest absolute Gasteiger partial charge is 0.252 e. The summed E-state index contributed by atoms with van der Waals surface area (Å²) in [5, 5.41) is 56.8. The van der Waals surface area contributed by atoms with Crippen molar-refractivity contribution in [3.8, 4) is 0 Å². The van der Waals surface area contributed by atoms with Crippen LogP contribution in [-0.2, 0) is 23.9 Å². The highest BCUT2D eigenvalue weighted by Gasteiger charge is 2.35. The molecule has 8 N–H and O–H groups in total. The van der Waals surface area contributed by atoms with E-state index in [9.17, 15) is 34.8 Å². The number of aliphatic hydroxyl groups is 5. The monoisotopic (exact) mass is 776 g/mol. The quantitative estimate of drug-likeness (QED) is 0.0407.